The van der Waals surface area contributed by atoms with Gasteiger partial charge in [-0.15, -0.1) is 0 Å². The maximum atomic E-state index is 12.3. The highest BCUT2D eigenvalue weighted by atomic mass is 19.4. The number of hydrogen-bond donors (Lipinski definition) is 1. The van der Waals surface area contributed by atoms with E-state index in [1.807, 2.05) is 0 Å². The van der Waals surface area contributed by atoms with E-state index in [1.54, 1.807) is 6.07 Å². The van der Waals surface area contributed by atoms with Gasteiger partial charge in [-0.2, -0.15) is 13.2 Å². The van der Waals surface area contributed by atoms with Gasteiger partial charge in [0.2, 0.25) is 0 Å². The van der Waals surface area contributed by atoms with Gasteiger partial charge in [0.25, 0.3) is 0 Å². The molecule has 5 heteroatoms. The molecule has 0 radical (unpaired) electrons. The van der Waals surface area contributed by atoms with Crippen molar-refractivity contribution in [3.8, 4) is 0 Å². The maximum Gasteiger partial charge on any atom is 0.401 e. The lowest BCUT2D eigenvalue weighted by Gasteiger charge is -2.16. The molecule has 0 fully saturated rings. The Morgan fingerprint density at radius 1 is 1.27 bits per heavy atom. The number of hydrogen-bond acceptors (Lipinski definition) is 2. The van der Waals surface area contributed by atoms with Crippen LogP contribution in [0.5, 0.6) is 0 Å². The molecule has 1 N–H and O–H groups in total. The zero-order chi connectivity index (χ0) is 11.5. The third-order valence-corrected chi connectivity index (χ3v) is 1.95. The van der Waals surface area contributed by atoms with Gasteiger partial charge in [0.15, 0.2) is 5.78 Å². The van der Waals surface area contributed by atoms with Gasteiger partial charge in [0, 0.05) is 5.56 Å². The minimum Gasteiger partial charge on any atom is -0.395 e. The Kier molecular flexibility index (Phi) is 3.47. The highest BCUT2D eigenvalue weighted by molar-refractivity contribution is 5.98. The minimum absolute atomic E-state index is 0.0473. The number of benzene rings is 1. The topological polar surface area (TPSA) is 37.3 Å². The van der Waals surface area contributed by atoms with Gasteiger partial charge in [-0.05, 0) is 0 Å². The number of carbonyl (C=O) groups is 1. The lowest BCUT2D eigenvalue weighted by atomic mass is 9.98. The Morgan fingerprint density at radius 3 is 2.20 bits per heavy atom. The van der Waals surface area contributed by atoms with E-state index in [1.165, 1.54) is 24.3 Å². The molecule has 1 aromatic carbocycles. The van der Waals surface area contributed by atoms with Crippen molar-refractivity contribution in [1.82, 2.24) is 0 Å². The summed E-state index contributed by atoms with van der Waals surface area (Å²) in [6, 6.07) is 7.11. The van der Waals surface area contributed by atoms with Crippen LogP contribution in [0.15, 0.2) is 30.3 Å². The van der Waals surface area contributed by atoms with Crippen molar-refractivity contribution in [3.05, 3.63) is 35.9 Å². The Morgan fingerprint density at radius 2 is 1.80 bits per heavy atom. The average molecular weight is 218 g/mol. The molecule has 15 heavy (non-hydrogen) atoms. The molecule has 82 valence electrons. The first-order valence-electron chi connectivity index (χ1n) is 4.23. The van der Waals surface area contributed by atoms with E-state index in [0.717, 1.165) is 0 Å². The predicted molar refractivity (Wildman–Crippen MR) is 47.4 cm³/mol. The van der Waals surface area contributed by atoms with Crippen molar-refractivity contribution in [2.45, 2.75) is 6.18 Å². The number of alkyl halides is 3. The smallest absolute Gasteiger partial charge is 0.395 e. The van der Waals surface area contributed by atoms with Crippen molar-refractivity contribution in [3.63, 3.8) is 0 Å². The summed E-state index contributed by atoms with van der Waals surface area (Å²) in [5, 5.41) is 8.55. The highest BCUT2D eigenvalue weighted by Crippen LogP contribution is 2.28. The first-order chi connectivity index (χ1) is 6.96. The molecule has 0 aliphatic carbocycles. The molecule has 1 aromatic rings. The van der Waals surface area contributed by atoms with Gasteiger partial charge in [-0.25, -0.2) is 0 Å². The molecule has 0 heterocycles. The molecule has 2 nitrogen and oxygen atoms in total. The van der Waals surface area contributed by atoms with E-state index in [0.29, 0.717) is 0 Å². The molecule has 0 aliphatic heterocycles. The van der Waals surface area contributed by atoms with E-state index < -0.39 is 24.5 Å². The Bertz CT molecular complexity index is 332. The third kappa shape index (κ3) is 2.79. The Hall–Kier alpha value is -1.36. The lowest BCUT2D eigenvalue weighted by molar-refractivity contribution is -0.168. The number of halogens is 3. The number of Topliss-reactive ketones (excluding diaryl/α,β-unsaturated/α-hetero) is 1. The Balaban J connectivity index is 2.93. The summed E-state index contributed by atoms with van der Waals surface area (Å²) in [7, 11) is 0. The molecule has 0 aliphatic rings. The van der Waals surface area contributed by atoms with Crippen LogP contribution >= 0.6 is 0 Å². The van der Waals surface area contributed by atoms with Gasteiger partial charge in [0.05, 0.1) is 6.61 Å². The van der Waals surface area contributed by atoms with E-state index in [2.05, 4.69) is 0 Å². The normalized spacial score (nSPS) is 13.6. The first kappa shape index (κ1) is 11.7. The highest BCUT2D eigenvalue weighted by Gasteiger charge is 2.44. The number of rotatable bonds is 3. The molecule has 0 saturated heterocycles. The molecule has 0 amide bonds. The minimum atomic E-state index is -4.71. The van der Waals surface area contributed by atoms with Crippen LogP contribution < -0.4 is 0 Å². The summed E-state index contributed by atoms with van der Waals surface area (Å²) in [4.78, 5) is 11.3. The van der Waals surface area contributed by atoms with Crippen molar-refractivity contribution < 1.29 is 23.1 Å². The van der Waals surface area contributed by atoms with E-state index in [9.17, 15) is 18.0 Å². The molecule has 0 bridgehead atoms. The predicted octanol–water partition coefficient (Wildman–Crippen LogP) is 2.04. The van der Waals surface area contributed by atoms with Gasteiger partial charge >= 0.3 is 6.18 Å². The van der Waals surface area contributed by atoms with Crippen molar-refractivity contribution in [2.24, 2.45) is 5.92 Å². The second-order valence-electron chi connectivity index (χ2n) is 3.01. The van der Waals surface area contributed by atoms with E-state index >= 15 is 0 Å². The first-order valence-corrected chi connectivity index (χ1v) is 4.23. The van der Waals surface area contributed by atoms with Crippen molar-refractivity contribution in [2.75, 3.05) is 6.61 Å². The molecule has 0 aromatic heterocycles. The standard InChI is InChI=1S/C10H9F3O2/c11-10(12,13)8(6-14)9(15)7-4-2-1-3-5-7/h1-5,8,14H,6H2. The van der Waals surface area contributed by atoms with Gasteiger partial charge in [0.1, 0.15) is 5.92 Å². The van der Waals surface area contributed by atoms with Crippen LogP contribution in [0.25, 0.3) is 0 Å². The largest absolute Gasteiger partial charge is 0.401 e. The maximum absolute atomic E-state index is 12.3. The van der Waals surface area contributed by atoms with Crippen LogP contribution in [0, 0.1) is 5.92 Å². The summed E-state index contributed by atoms with van der Waals surface area (Å²) < 4.78 is 36.8. The van der Waals surface area contributed by atoms with Crippen LogP contribution in [-0.4, -0.2) is 23.7 Å². The van der Waals surface area contributed by atoms with Crippen LogP contribution in [0.4, 0.5) is 13.2 Å². The van der Waals surface area contributed by atoms with Gasteiger partial charge in [-0.3, -0.25) is 4.79 Å². The van der Waals surface area contributed by atoms with Crippen LogP contribution in [-0.2, 0) is 0 Å². The molecule has 1 atom stereocenters. The second-order valence-corrected chi connectivity index (χ2v) is 3.01. The lowest BCUT2D eigenvalue weighted by Crippen LogP contribution is -2.33. The van der Waals surface area contributed by atoms with E-state index in [4.69, 9.17) is 5.11 Å². The van der Waals surface area contributed by atoms with Crippen LogP contribution in [0.2, 0.25) is 0 Å². The zero-order valence-corrected chi connectivity index (χ0v) is 7.66. The van der Waals surface area contributed by atoms with Crippen molar-refractivity contribution >= 4 is 5.78 Å². The van der Waals surface area contributed by atoms with Crippen LogP contribution in [0.3, 0.4) is 0 Å². The average Bonchev–Trinajstić information content (AvgIpc) is 2.18. The number of ketones is 1. The molecular formula is C10H9F3O2. The SMILES string of the molecule is O=C(c1ccccc1)C(CO)C(F)(F)F. The number of aliphatic hydroxyl groups is 1. The molecule has 1 rings (SSSR count). The fourth-order valence-corrected chi connectivity index (χ4v) is 1.14. The fraction of sp³-hybridized carbons (Fsp3) is 0.300. The summed E-state index contributed by atoms with van der Waals surface area (Å²) in [6.45, 7) is -1.22. The summed E-state index contributed by atoms with van der Waals surface area (Å²) >= 11 is 0. The van der Waals surface area contributed by atoms with E-state index in [-0.39, 0.29) is 5.56 Å². The van der Waals surface area contributed by atoms with Gasteiger partial charge in [-0.1, -0.05) is 30.3 Å². The summed E-state index contributed by atoms with van der Waals surface area (Å²) in [5.41, 5.74) is -0.0473. The molecule has 0 saturated carbocycles. The Labute approximate surface area is 84.3 Å². The second kappa shape index (κ2) is 4.44. The quantitative estimate of drug-likeness (QED) is 0.788. The summed E-state index contributed by atoms with van der Waals surface area (Å²) in [6.07, 6.45) is -4.71. The molecule has 1 unspecified atom stereocenters. The molecule has 0 spiro atoms. The zero-order valence-electron chi connectivity index (χ0n) is 7.66. The van der Waals surface area contributed by atoms with Crippen molar-refractivity contribution in [1.29, 1.82) is 0 Å². The third-order valence-electron chi connectivity index (χ3n) is 1.95. The number of carbonyl (C=O) groups excluding carboxylic acids is 1. The van der Waals surface area contributed by atoms with Crippen LogP contribution in [0.1, 0.15) is 10.4 Å². The molecular weight excluding hydrogens is 209 g/mol. The monoisotopic (exact) mass is 218 g/mol. The number of aliphatic hydroxyl groups excluding tert-OH is 1. The fourth-order valence-electron chi connectivity index (χ4n) is 1.14. The summed E-state index contributed by atoms with van der Waals surface area (Å²) in [5.74, 6) is -3.44. The van der Waals surface area contributed by atoms with Gasteiger partial charge < -0.3 is 5.11 Å².